The van der Waals surface area contributed by atoms with Gasteiger partial charge in [-0.3, -0.25) is 4.79 Å². The first-order valence-electron chi connectivity index (χ1n) is 4.15. The molecular formula is C10H10Cl2O3. The van der Waals surface area contributed by atoms with Gasteiger partial charge in [0.2, 0.25) is 0 Å². The van der Waals surface area contributed by atoms with Gasteiger partial charge in [-0.1, -0.05) is 11.6 Å². The van der Waals surface area contributed by atoms with Crippen LogP contribution < -0.4 is 9.47 Å². The van der Waals surface area contributed by atoms with Gasteiger partial charge in [-0.15, -0.1) is 11.6 Å². The molecule has 0 N–H and O–H groups in total. The van der Waals surface area contributed by atoms with Crippen molar-refractivity contribution in [2.24, 2.45) is 0 Å². The van der Waals surface area contributed by atoms with E-state index < -0.39 is 0 Å². The average molecular weight is 249 g/mol. The minimum Gasteiger partial charge on any atom is -0.495 e. The van der Waals surface area contributed by atoms with Crippen molar-refractivity contribution < 1.29 is 14.3 Å². The molecule has 1 rings (SSSR count). The van der Waals surface area contributed by atoms with Gasteiger partial charge in [-0.05, 0) is 12.1 Å². The van der Waals surface area contributed by atoms with Gasteiger partial charge < -0.3 is 9.47 Å². The minimum atomic E-state index is -0.238. The van der Waals surface area contributed by atoms with Crippen molar-refractivity contribution in [1.82, 2.24) is 0 Å². The number of carbonyl (C=O) groups excluding carboxylic acids is 1. The summed E-state index contributed by atoms with van der Waals surface area (Å²) in [5.74, 6) is 0.401. The molecule has 0 aromatic heterocycles. The molecule has 0 spiro atoms. The van der Waals surface area contributed by atoms with Crippen LogP contribution in [-0.2, 0) is 0 Å². The van der Waals surface area contributed by atoms with E-state index in [0.29, 0.717) is 17.1 Å². The lowest BCUT2D eigenvalue weighted by Gasteiger charge is -2.11. The summed E-state index contributed by atoms with van der Waals surface area (Å²) < 4.78 is 10.0. The Bertz CT molecular complexity index is 377. The van der Waals surface area contributed by atoms with E-state index in [1.54, 1.807) is 12.1 Å². The van der Waals surface area contributed by atoms with Gasteiger partial charge in [-0.25, -0.2) is 0 Å². The molecule has 0 bridgehead atoms. The minimum absolute atomic E-state index is 0.112. The standard InChI is InChI=1S/C10H10Cl2O3/c1-14-8-4-3-6(7(13)5-11)10(15-2)9(8)12/h3-4H,5H2,1-2H3. The van der Waals surface area contributed by atoms with Crippen LogP contribution >= 0.6 is 23.2 Å². The Kier molecular flexibility index (Phi) is 4.24. The van der Waals surface area contributed by atoms with E-state index in [1.165, 1.54) is 14.2 Å². The van der Waals surface area contributed by atoms with Crippen molar-refractivity contribution in [3.05, 3.63) is 22.7 Å². The number of hydrogen-bond acceptors (Lipinski definition) is 3. The second kappa shape index (κ2) is 5.24. The first-order chi connectivity index (χ1) is 7.15. The van der Waals surface area contributed by atoms with Gasteiger partial charge in [0.1, 0.15) is 10.8 Å². The molecule has 1 aromatic carbocycles. The fraction of sp³-hybridized carbons (Fsp3) is 0.300. The Morgan fingerprint density at radius 1 is 1.33 bits per heavy atom. The third kappa shape index (κ3) is 2.36. The molecule has 0 saturated carbocycles. The van der Waals surface area contributed by atoms with E-state index >= 15 is 0 Å². The molecular weight excluding hydrogens is 239 g/mol. The fourth-order valence-electron chi connectivity index (χ4n) is 1.19. The molecule has 1 aromatic rings. The van der Waals surface area contributed by atoms with Crippen molar-refractivity contribution in [3.8, 4) is 11.5 Å². The molecule has 0 aliphatic heterocycles. The Labute approximate surface area is 97.9 Å². The Morgan fingerprint density at radius 2 is 2.00 bits per heavy atom. The average Bonchev–Trinajstić information content (AvgIpc) is 2.27. The molecule has 15 heavy (non-hydrogen) atoms. The summed E-state index contributed by atoms with van der Waals surface area (Å²) in [6, 6.07) is 3.18. The second-order valence-electron chi connectivity index (χ2n) is 2.72. The highest BCUT2D eigenvalue weighted by Crippen LogP contribution is 2.36. The maximum atomic E-state index is 11.4. The summed E-state index contributed by atoms with van der Waals surface area (Å²) >= 11 is 11.4. The van der Waals surface area contributed by atoms with E-state index in [4.69, 9.17) is 32.7 Å². The highest BCUT2D eigenvalue weighted by Gasteiger charge is 2.17. The first kappa shape index (κ1) is 12.1. The van der Waals surface area contributed by atoms with Crippen LogP contribution in [0, 0.1) is 0 Å². The zero-order valence-corrected chi connectivity index (χ0v) is 9.85. The van der Waals surface area contributed by atoms with Crippen LogP contribution in [0.3, 0.4) is 0 Å². The Morgan fingerprint density at radius 3 is 2.47 bits per heavy atom. The number of alkyl halides is 1. The summed E-state index contributed by atoms with van der Waals surface area (Å²) in [6.07, 6.45) is 0. The number of methoxy groups -OCH3 is 2. The molecule has 0 fully saturated rings. The predicted octanol–water partition coefficient (Wildman–Crippen LogP) is 2.78. The summed E-state index contributed by atoms with van der Waals surface area (Å²) in [7, 11) is 2.93. The molecule has 0 saturated heterocycles. The Hall–Kier alpha value is -0.930. The summed E-state index contributed by atoms with van der Waals surface area (Å²) in [6.45, 7) is 0. The molecule has 0 amide bonds. The second-order valence-corrected chi connectivity index (χ2v) is 3.36. The molecule has 0 aliphatic rings. The lowest BCUT2D eigenvalue weighted by Crippen LogP contribution is -2.04. The van der Waals surface area contributed by atoms with Crippen LogP contribution in [0.5, 0.6) is 11.5 Å². The van der Waals surface area contributed by atoms with Crippen LogP contribution in [0.4, 0.5) is 0 Å². The molecule has 0 heterocycles. The van der Waals surface area contributed by atoms with Crippen molar-refractivity contribution in [3.63, 3.8) is 0 Å². The molecule has 82 valence electrons. The van der Waals surface area contributed by atoms with Crippen LogP contribution in [0.15, 0.2) is 12.1 Å². The van der Waals surface area contributed by atoms with E-state index in [1.807, 2.05) is 0 Å². The molecule has 0 aliphatic carbocycles. The SMILES string of the molecule is COc1ccc(C(=O)CCl)c(OC)c1Cl. The number of halogens is 2. The summed E-state index contributed by atoms with van der Waals surface area (Å²) in [5, 5.41) is 0.274. The zero-order chi connectivity index (χ0) is 11.4. The molecule has 0 unspecified atom stereocenters. The normalized spacial score (nSPS) is 9.87. The molecule has 3 nitrogen and oxygen atoms in total. The third-order valence-electron chi connectivity index (χ3n) is 1.91. The summed E-state index contributed by atoms with van der Waals surface area (Å²) in [5.41, 5.74) is 0.360. The largest absolute Gasteiger partial charge is 0.495 e. The molecule has 5 heteroatoms. The monoisotopic (exact) mass is 248 g/mol. The highest BCUT2D eigenvalue weighted by atomic mass is 35.5. The molecule has 0 atom stereocenters. The third-order valence-corrected chi connectivity index (χ3v) is 2.51. The Balaban J connectivity index is 3.30. The van der Waals surface area contributed by atoms with Gasteiger partial charge >= 0.3 is 0 Å². The lowest BCUT2D eigenvalue weighted by atomic mass is 10.1. The first-order valence-corrected chi connectivity index (χ1v) is 5.06. The summed E-state index contributed by atoms with van der Waals surface area (Å²) in [4.78, 5) is 11.4. The van der Waals surface area contributed by atoms with E-state index in [-0.39, 0.29) is 16.7 Å². The van der Waals surface area contributed by atoms with Gasteiger partial charge in [0, 0.05) is 0 Å². The van der Waals surface area contributed by atoms with Crippen molar-refractivity contribution in [2.75, 3.05) is 20.1 Å². The fourth-order valence-corrected chi connectivity index (χ4v) is 1.65. The van der Waals surface area contributed by atoms with Gasteiger partial charge in [-0.2, -0.15) is 0 Å². The van der Waals surface area contributed by atoms with Crippen molar-refractivity contribution in [1.29, 1.82) is 0 Å². The van der Waals surface area contributed by atoms with Crippen molar-refractivity contribution in [2.45, 2.75) is 0 Å². The number of hydrogen-bond donors (Lipinski definition) is 0. The van der Waals surface area contributed by atoms with Gasteiger partial charge in [0.15, 0.2) is 11.5 Å². The van der Waals surface area contributed by atoms with E-state index in [9.17, 15) is 4.79 Å². The van der Waals surface area contributed by atoms with Crippen LogP contribution in [0.1, 0.15) is 10.4 Å². The maximum absolute atomic E-state index is 11.4. The van der Waals surface area contributed by atoms with Crippen LogP contribution in [0.25, 0.3) is 0 Å². The lowest BCUT2D eigenvalue weighted by molar-refractivity contribution is 0.101. The van der Waals surface area contributed by atoms with Gasteiger partial charge in [0.05, 0.1) is 25.7 Å². The zero-order valence-electron chi connectivity index (χ0n) is 8.34. The van der Waals surface area contributed by atoms with E-state index in [2.05, 4.69) is 0 Å². The predicted molar refractivity (Wildman–Crippen MR) is 59.6 cm³/mol. The van der Waals surface area contributed by atoms with E-state index in [0.717, 1.165) is 0 Å². The number of ketones is 1. The van der Waals surface area contributed by atoms with Gasteiger partial charge in [0.25, 0.3) is 0 Å². The number of ether oxygens (including phenoxy) is 2. The number of Topliss-reactive ketones (excluding diaryl/α,β-unsaturated/α-hetero) is 1. The number of benzene rings is 1. The maximum Gasteiger partial charge on any atom is 0.181 e. The topological polar surface area (TPSA) is 35.5 Å². The number of rotatable bonds is 4. The quantitative estimate of drug-likeness (QED) is 0.608. The highest BCUT2D eigenvalue weighted by molar-refractivity contribution is 6.35. The van der Waals surface area contributed by atoms with Crippen LogP contribution in [-0.4, -0.2) is 25.9 Å². The van der Waals surface area contributed by atoms with Crippen molar-refractivity contribution >= 4 is 29.0 Å². The van der Waals surface area contributed by atoms with Crippen LogP contribution in [0.2, 0.25) is 5.02 Å². The smallest absolute Gasteiger partial charge is 0.181 e. The molecule has 0 radical (unpaired) electrons. The number of carbonyl (C=O) groups is 1.